The highest BCUT2D eigenvalue weighted by Crippen LogP contribution is 2.40. The Labute approximate surface area is 276 Å². The van der Waals surface area contributed by atoms with Crippen molar-refractivity contribution in [3.63, 3.8) is 0 Å². The van der Waals surface area contributed by atoms with E-state index in [2.05, 4.69) is 26.1 Å². The lowest BCUT2D eigenvalue weighted by atomic mass is 9.95. The third-order valence-electron chi connectivity index (χ3n) is 7.48. The van der Waals surface area contributed by atoms with Gasteiger partial charge in [-0.2, -0.15) is 4.37 Å². The van der Waals surface area contributed by atoms with Gasteiger partial charge >= 0.3 is 5.97 Å². The van der Waals surface area contributed by atoms with Crippen LogP contribution >= 0.6 is 11.5 Å². The molecule has 0 fully saturated rings. The minimum absolute atomic E-state index is 0.0921. The lowest BCUT2D eigenvalue weighted by Gasteiger charge is -2.18. The predicted octanol–water partition coefficient (Wildman–Crippen LogP) is 2.60. The van der Waals surface area contributed by atoms with E-state index in [4.69, 9.17) is 31.8 Å². The highest BCUT2D eigenvalue weighted by molar-refractivity contribution is 7.10. The van der Waals surface area contributed by atoms with Crippen LogP contribution in [0.25, 0.3) is 21.6 Å². The Bertz CT molecular complexity index is 1640. The summed E-state index contributed by atoms with van der Waals surface area (Å²) >= 11 is 1.34. The fourth-order valence-electron chi connectivity index (χ4n) is 4.85. The number of Topliss-reactive ketones (excluding diaryl/α,β-unsaturated/α-hetero) is 1. The number of guanidine groups is 1. The quantitative estimate of drug-likeness (QED) is 0.0695. The first-order chi connectivity index (χ1) is 22.3. The number of methoxy groups -OCH3 is 2. The van der Waals surface area contributed by atoms with Gasteiger partial charge in [-0.25, -0.2) is 0 Å². The lowest BCUT2D eigenvalue weighted by molar-refractivity contribution is -0.139. The molecular formula is C32H41N7O7S. The van der Waals surface area contributed by atoms with Crippen LogP contribution in [-0.4, -0.2) is 72.4 Å². The lowest BCUT2D eigenvalue weighted by Crippen LogP contribution is -2.44. The van der Waals surface area contributed by atoms with Crippen molar-refractivity contribution in [2.75, 3.05) is 32.6 Å². The Hall–Kier alpha value is -5.02. The van der Waals surface area contributed by atoms with E-state index in [1.165, 1.54) is 18.6 Å². The van der Waals surface area contributed by atoms with Crippen molar-refractivity contribution < 1.29 is 33.8 Å². The molecule has 2 aromatic carbocycles. The highest BCUT2D eigenvalue weighted by atomic mass is 32.1. The van der Waals surface area contributed by atoms with Gasteiger partial charge in [0.2, 0.25) is 11.8 Å². The number of anilines is 1. The van der Waals surface area contributed by atoms with Crippen LogP contribution in [0.1, 0.15) is 36.8 Å². The summed E-state index contributed by atoms with van der Waals surface area (Å²) in [6.07, 6.45) is 1.63. The molecule has 0 spiro atoms. The first-order valence-electron chi connectivity index (χ1n) is 14.8. The summed E-state index contributed by atoms with van der Waals surface area (Å²) in [5, 5.41) is 14.1. The van der Waals surface area contributed by atoms with Crippen LogP contribution in [0.2, 0.25) is 0 Å². The number of carbonyl (C=O) groups excluding carboxylic acids is 3. The summed E-state index contributed by atoms with van der Waals surface area (Å²) in [6, 6.07) is 8.13. The van der Waals surface area contributed by atoms with Crippen LogP contribution < -0.4 is 37.3 Å². The molecule has 0 saturated carbocycles. The van der Waals surface area contributed by atoms with Gasteiger partial charge in [-0.3, -0.25) is 24.2 Å². The molecule has 3 aromatic rings. The topological polar surface area (TPSA) is 234 Å². The number of ketones is 1. The van der Waals surface area contributed by atoms with E-state index in [9.17, 15) is 19.2 Å². The number of nitrogens with zero attached hydrogens (tertiary/aromatic N) is 2. The number of hydrogen-bond donors (Lipinski definition) is 6. The molecule has 0 saturated heterocycles. The molecule has 1 heterocycles. The minimum atomic E-state index is -1.31. The SMILES string of the molecule is COc1ccc(-c2cnsc2-c2cc(C)c(C)c(OC)c2)cc1NC(=O)[C@@H](CCCN=C(N)N)CC(=O)CNC(=O)[C@H](N)CC(=O)O. The molecular weight excluding hydrogens is 626 g/mol. The summed E-state index contributed by atoms with van der Waals surface area (Å²) in [4.78, 5) is 54.3. The number of aromatic nitrogens is 1. The van der Waals surface area contributed by atoms with E-state index >= 15 is 0 Å². The standard InChI is InChI=1S/C32H41N7O7S/c1-17-10-21(13-27(46-4)18(17)2)29-23(16-38-47-29)19-7-8-26(45-3)25(12-19)39-30(43)20(6-5-9-36-32(34)35)11-22(40)15-37-31(44)24(33)14-28(41)42/h7-8,10,12-13,16,20,24H,5-6,9,11,14-15,33H2,1-4H3,(H,37,44)(H,39,43)(H,41,42)(H4,34,35,36)/t20-,24+/m0/s1. The first kappa shape index (κ1) is 36.4. The van der Waals surface area contributed by atoms with Crippen molar-refractivity contribution in [2.45, 2.75) is 45.6 Å². The predicted molar refractivity (Wildman–Crippen MR) is 180 cm³/mol. The van der Waals surface area contributed by atoms with Crippen molar-refractivity contribution in [1.82, 2.24) is 9.69 Å². The van der Waals surface area contributed by atoms with Gasteiger partial charge in [0, 0.05) is 30.6 Å². The summed E-state index contributed by atoms with van der Waals surface area (Å²) in [5.41, 5.74) is 21.5. The van der Waals surface area contributed by atoms with Crippen molar-refractivity contribution in [3.8, 4) is 33.1 Å². The molecule has 3 rings (SSSR count). The number of aliphatic carboxylic acids is 1. The molecule has 0 bridgehead atoms. The zero-order valence-corrected chi connectivity index (χ0v) is 27.6. The molecule has 0 aliphatic carbocycles. The zero-order valence-electron chi connectivity index (χ0n) is 26.8. The molecule has 0 aliphatic rings. The Morgan fingerprint density at radius 1 is 1.00 bits per heavy atom. The van der Waals surface area contributed by atoms with Gasteiger partial charge in [-0.15, -0.1) is 0 Å². The number of nitrogens with one attached hydrogen (secondary N) is 2. The van der Waals surface area contributed by atoms with Crippen LogP contribution in [0, 0.1) is 19.8 Å². The van der Waals surface area contributed by atoms with Gasteiger partial charge in [0.1, 0.15) is 11.5 Å². The second-order valence-corrected chi connectivity index (χ2v) is 11.7. The van der Waals surface area contributed by atoms with Gasteiger partial charge in [0.25, 0.3) is 0 Å². The van der Waals surface area contributed by atoms with Crippen LogP contribution in [0.4, 0.5) is 5.69 Å². The third-order valence-corrected chi connectivity index (χ3v) is 8.33. The monoisotopic (exact) mass is 667 g/mol. The van der Waals surface area contributed by atoms with Gasteiger partial charge in [-0.05, 0) is 78.7 Å². The van der Waals surface area contributed by atoms with Crippen LogP contribution in [0.3, 0.4) is 0 Å². The Morgan fingerprint density at radius 2 is 1.72 bits per heavy atom. The zero-order chi connectivity index (χ0) is 34.7. The van der Waals surface area contributed by atoms with Crippen LogP contribution in [0.5, 0.6) is 11.5 Å². The number of hydrogen-bond acceptors (Lipinski definition) is 10. The van der Waals surface area contributed by atoms with Crippen molar-refractivity contribution in [3.05, 3.63) is 47.7 Å². The molecule has 47 heavy (non-hydrogen) atoms. The Balaban J connectivity index is 1.85. The number of carbonyl (C=O) groups is 4. The first-order valence-corrected chi connectivity index (χ1v) is 15.5. The number of carboxylic acids is 1. The van der Waals surface area contributed by atoms with Crippen molar-refractivity contribution in [2.24, 2.45) is 28.1 Å². The number of aliphatic imine (C=N–C) groups is 1. The Kier molecular flexibility index (Phi) is 13.2. The fourth-order valence-corrected chi connectivity index (χ4v) is 5.60. The van der Waals surface area contributed by atoms with Gasteiger partial charge < -0.3 is 42.4 Å². The minimum Gasteiger partial charge on any atom is -0.496 e. The molecule has 0 radical (unpaired) electrons. The average molecular weight is 668 g/mol. The second-order valence-electron chi connectivity index (χ2n) is 10.9. The number of rotatable bonds is 17. The molecule has 252 valence electrons. The number of ether oxygens (including phenoxy) is 2. The van der Waals surface area contributed by atoms with Crippen LogP contribution in [0.15, 0.2) is 41.5 Å². The van der Waals surface area contributed by atoms with E-state index in [1.54, 1.807) is 25.4 Å². The molecule has 2 amide bonds. The maximum Gasteiger partial charge on any atom is 0.305 e. The number of nitrogens with two attached hydrogens (primary N) is 3. The molecule has 1 aromatic heterocycles. The van der Waals surface area contributed by atoms with Gasteiger partial charge in [0.15, 0.2) is 11.7 Å². The average Bonchev–Trinajstić information content (AvgIpc) is 3.52. The maximum atomic E-state index is 13.6. The maximum absolute atomic E-state index is 13.6. The molecule has 0 unspecified atom stereocenters. The van der Waals surface area contributed by atoms with Crippen molar-refractivity contribution in [1.29, 1.82) is 0 Å². The summed E-state index contributed by atoms with van der Waals surface area (Å²) in [6.45, 7) is 3.85. The van der Waals surface area contributed by atoms with Crippen molar-refractivity contribution >= 4 is 46.7 Å². The molecule has 14 nitrogen and oxygen atoms in total. The summed E-state index contributed by atoms with van der Waals surface area (Å²) < 4.78 is 15.6. The molecule has 2 atom stereocenters. The number of amides is 2. The molecule has 15 heteroatoms. The largest absolute Gasteiger partial charge is 0.496 e. The number of aryl methyl sites for hydroxylation is 1. The van der Waals surface area contributed by atoms with Gasteiger partial charge in [0.05, 0.1) is 43.8 Å². The fraction of sp³-hybridized carbons (Fsp3) is 0.375. The second kappa shape index (κ2) is 17.1. The Morgan fingerprint density at radius 3 is 2.38 bits per heavy atom. The van der Waals surface area contributed by atoms with E-state index in [0.29, 0.717) is 17.9 Å². The molecule has 9 N–H and O–H groups in total. The normalized spacial score (nSPS) is 12.0. The number of carboxylic acid groups (broad SMARTS) is 1. The van der Waals surface area contributed by atoms with E-state index < -0.39 is 48.5 Å². The smallest absolute Gasteiger partial charge is 0.305 e. The third kappa shape index (κ3) is 10.2. The van der Waals surface area contributed by atoms with E-state index in [-0.39, 0.29) is 25.3 Å². The summed E-state index contributed by atoms with van der Waals surface area (Å²) in [5.74, 6) is -2.64. The highest BCUT2D eigenvalue weighted by Gasteiger charge is 2.25. The summed E-state index contributed by atoms with van der Waals surface area (Å²) in [7, 11) is 3.12. The van der Waals surface area contributed by atoms with Crippen LogP contribution in [-0.2, 0) is 19.2 Å². The molecule has 0 aliphatic heterocycles. The van der Waals surface area contributed by atoms with E-state index in [1.807, 2.05) is 26.0 Å². The number of benzene rings is 2. The van der Waals surface area contributed by atoms with Gasteiger partial charge in [-0.1, -0.05) is 12.1 Å². The van der Waals surface area contributed by atoms with E-state index in [0.717, 1.165) is 38.4 Å².